The summed E-state index contributed by atoms with van der Waals surface area (Å²) >= 11 is 1.27. The molecule has 0 N–H and O–H groups in total. The number of thioether (sulfide) groups is 1. The van der Waals surface area contributed by atoms with E-state index in [0.29, 0.717) is 29.9 Å². The Morgan fingerprint density at radius 2 is 1.70 bits per heavy atom. The van der Waals surface area contributed by atoms with Gasteiger partial charge in [-0.25, -0.2) is 4.79 Å². The zero-order chi connectivity index (χ0) is 19.3. The van der Waals surface area contributed by atoms with E-state index in [4.69, 9.17) is 4.74 Å². The highest BCUT2D eigenvalue weighted by Gasteiger charge is 2.33. The monoisotopic (exact) mass is 499 g/mol. The lowest BCUT2D eigenvalue weighted by Crippen LogP contribution is -3.00. The molecular formula is C21H26INO3S. The minimum absolute atomic E-state index is 0. The zero-order valence-corrected chi connectivity index (χ0v) is 19.4. The van der Waals surface area contributed by atoms with Crippen LogP contribution in [0.3, 0.4) is 0 Å². The van der Waals surface area contributed by atoms with Crippen LogP contribution in [0, 0.1) is 6.92 Å². The molecule has 0 aliphatic heterocycles. The number of nitrogens with zero attached hydrogens (tertiary/aromatic N) is 1. The molecule has 0 saturated heterocycles. The fourth-order valence-corrected chi connectivity index (χ4v) is 3.85. The van der Waals surface area contributed by atoms with Gasteiger partial charge in [0.2, 0.25) is 10.8 Å². The fourth-order valence-electron chi connectivity index (χ4n) is 3.17. The number of ether oxygens (including phenoxy) is 1. The average molecular weight is 499 g/mol. The number of halogens is 1. The lowest BCUT2D eigenvalue weighted by Gasteiger charge is -2.17. The third-order valence-corrected chi connectivity index (χ3v) is 5.16. The molecule has 0 atom stereocenters. The van der Waals surface area contributed by atoms with Crippen molar-refractivity contribution >= 4 is 22.8 Å². The van der Waals surface area contributed by atoms with Gasteiger partial charge in [0.1, 0.15) is 12.6 Å². The Hall–Kier alpha value is -1.41. The number of hydrogen-bond donors (Lipinski definition) is 0. The third kappa shape index (κ3) is 4.90. The molecule has 0 spiro atoms. The molecule has 0 aliphatic carbocycles. The zero-order valence-electron chi connectivity index (χ0n) is 16.5. The van der Waals surface area contributed by atoms with Crippen molar-refractivity contribution in [2.24, 2.45) is 7.05 Å². The number of aromatic nitrogens is 1. The van der Waals surface area contributed by atoms with Crippen LogP contribution in [0.4, 0.5) is 0 Å². The van der Waals surface area contributed by atoms with Crippen LogP contribution in [-0.4, -0.2) is 23.4 Å². The topological polar surface area (TPSA) is 47.3 Å². The first-order valence-corrected chi connectivity index (χ1v) is 9.91. The quantitative estimate of drug-likeness (QED) is 0.340. The Morgan fingerprint density at radius 3 is 2.22 bits per heavy atom. The van der Waals surface area contributed by atoms with Crippen LogP contribution in [0.25, 0.3) is 11.3 Å². The molecule has 0 bridgehead atoms. The van der Waals surface area contributed by atoms with E-state index in [9.17, 15) is 9.59 Å². The Morgan fingerprint density at radius 1 is 1.07 bits per heavy atom. The summed E-state index contributed by atoms with van der Waals surface area (Å²) in [6.45, 7) is 7.94. The first-order valence-electron chi connectivity index (χ1n) is 8.92. The number of benzene rings is 1. The lowest BCUT2D eigenvalue weighted by atomic mass is 9.93. The van der Waals surface area contributed by atoms with E-state index in [-0.39, 0.29) is 35.1 Å². The molecule has 146 valence electrons. The molecule has 4 nitrogen and oxygen atoms in total. The summed E-state index contributed by atoms with van der Waals surface area (Å²) in [5.74, 6) is 0.315. The molecule has 0 unspecified atom stereocenters. The van der Waals surface area contributed by atoms with Crippen LogP contribution in [0.5, 0.6) is 0 Å². The summed E-state index contributed by atoms with van der Waals surface area (Å²) in [6, 6.07) is 9.77. The number of rotatable bonds is 6. The molecule has 0 fully saturated rings. The van der Waals surface area contributed by atoms with Gasteiger partial charge in [0.15, 0.2) is 5.69 Å². The number of carbonyl (C=O) groups excluding carboxylic acids is 2. The fraction of sp³-hybridized carbons (Fsp3) is 0.381. The first kappa shape index (κ1) is 23.6. The van der Waals surface area contributed by atoms with Crippen molar-refractivity contribution in [3.8, 4) is 11.3 Å². The minimum Gasteiger partial charge on any atom is -1.00 e. The van der Waals surface area contributed by atoms with Gasteiger partial charge in [-0.2, -0.15) is 4.57 Å². The van der Waals surface area contributed by atoms with Gasteiger partial charge in [-0.05, 0) is 36.8 Å². The molecule has 2 rings (SSSR count). The second-order valence-corrected chi connectivity index (χ2v) is 7.12. The van der Waals surface area contributed by atoms with Crippen molar-refractivity contribution < 1.29 is 42.9 Å². The maximum Gasteiger partial charge on any atom is 0.345 e. The summed E-state index contributed by atoms with van der Waals surface area (Å²) in [7, 11) is 1.90. The van der Waals surface area contributed by atoms with E-state index in [1.807, 2.05) is 62.7 Å². The Labute approximate surface area is 182 Å². The Kier molecular flexibility index (Phi) is 9.45. The predicted molar refractivity (Wildman–Crippen MR) is 106 cm³/mol. The summed E-state index contributed by atoms with van der Waals surface area (Å²) in [6.07, 6.45) is 0.584. The predicted octanol–water partition coefficient (Wildman–Crippen LogP) is 1.12. The second kappa shape index (κ2) is 10.8. The molecule has 1 heterocycles. The molecule has 6 heteroatoms. The van der Waals surface area contributed by atoms with Crippen LogP contribution >= 0.6 is 11.8 Å². The standard InChI is InChI=1S/C21H26NO3S.HI/c1-6-16-17(21(24)26-8-3)14(4)22(5)19(15-12-10-9-11-13-15)18(16)20(23)25-7-2;/h9-13H,6-8H2,1-5H3;1H/q+1;/p-1. The smallest absolute Gasteiger partial charge is 0.345 e. The van der Waals surface area contributed by atoms with E-state index in [0.717, 1.165) is 22.5 Å². The van der Waals surface area contributed by atoms with E-state index in [1.165, 1.54) is 11.8 Å². The van der Waals surface area contributed by atoms with Gasteiger partial charge >= 0.3 is 5.97 Å². The van der Waals surface area contributed by atoms with Crippen LogP contribution in [-0.2, 0) is 18.2 Å². The van der Waals surface area contributed by atoms with Crippen molar-refractivity contribution in [3.63, 3.8) is 0 Å². The Balaban J connectivity index is 0.00000364. The maximum atomic E-state index is 12.9. The highest BCUT2D eigenvalue weighted by atomic mass is 127. The average Bonchev–Trinajstić information content (AvgIpc) is 2.64. The van der Waals surface area contributed by atoms with Gasteiger partial charge in [-0.1, -0.05) is 43.8 Å². The van der Waals surface area contributed by atoms with Gasteiger partial charge in [0.05, 0.1) is 12.2 Å². The van der Waals surface area contributed by atoms with Crippen molar-refractivity contribution in [2.45, 2.75) is 34.1 Å². The van der Waals surface area contributed by atoms with E-state index in [1.54, 1.807) is 6.92 Å². The Bertz CT molecular complexity index is 822. The first-order chi connectivity index (χ1) is 12.5. The lowest BCUT2D eigenvalue weighted by molar-refractivity contribution is -0.667. The highest BCUT2D eigenvalue weighted by molar-refractivity contribution is 8.14. The second-order valence-electron chi connectivity index (χ2n) is 5.88. The third-order valence-electron chi connectivity index (χ3n) is 4.40. The van der Waals surface area contributed by atoms with Crippen molar-refractivity contribution in [1.82, 2.24) is 0 Å². The van der Waals surface area contributed by atoms with Crippen LogP contribution < -0.4 is 28.5 Å². The van der Waals surface area contributed by atoms with Gasteiger partial charge in [0.25, 0.3) is 0 Å². The highest BCUT2D eigenvalue weighted by Crippen LogP contribution is 2.30. The molecule has 2 aromatic rings. The molecule has 0 radical (unpaired) electrons. The van der Waals surface area contributed by atoms with Crippen LogP contribution in [0.1, 0.15) is 52.7 Å². The number of esters is 1. The van der Waals surface area contributed by atoms with Gasteiger partial charge in [-0.3, -0.25) is 4.79 Å². The molecule has 1 aromatic carbocycles. The van der Waals surface area contributed by atoms with Gasteiger partial charge in [-0.15, -0.1) is 0 Å². The van der Waals surface area contributed by atoms with Gasteiger partial charge in [0, 0.05) is 12.5 Å². The van der Waals surface area contributed by atoms with Crippen LogP contribution in [0.2, 0.25) is 0 Å². The summed E-state index contributed by atoms with van der Waals surface area (Å²) < 4.78 is 7.29. The van der Waals surface area contributed by atoms with Crippen molar-refractivity contribution in [1.29, 1.82) is 0 Å². The number of hydrogen-bond acceptors (Lipinski definition) is 4. The van der Waals surface area contributed by atoms with E-state index in [2.05, 4.69) is 0 Å². The number of pyridine rings is 1. The number of carbonyl (C=O) groups is 2. The van der Waals surface area contributed by atoms with E-state index >= 15 is 0 Å². The normalized spacial score (nSPS) is 10.3. The van der Waals surface area contributed by atoms with E-state index < -0.39 is 0 Å². The van der Waals surface area contributed by atoms with Crippen LogP contribution in [0.15, 0.2) is 30.3 Å². The SMILES string of the molecule is CCOC(=O)c1c(CC)c(C(=O)SCC)c(C)[n+](C)c1-c1ccccc1.[I-]. The largest absolute Gasteiger partial charge is 1.00 e. The molecule has 27 heavy (non-hydrogen) atoms. The summed E-state index contributed by atoms with van der Waals surface area (Å²) in [4.78, 5) is 25.6. The maximum absolute atomic E-state index is 12.9. The summed E-state index contributed by atoms with van der Waals surface area (Å²) in [5.41, 5.74) is 4.47. The molecule has 0 amide bonds. The van der Waals surface area contributed by atoms with Gasteiger partial charge < -0.3 is 28.7 Å². The molecular weight excluding hydrogens is 473 g/mol. The molecule has 1 aromatic heterocycles. The van der Waals surface area contributed by atoms with Crippen molar-refractivity contribution in [3.05, 3.63) is 52.7 Å². The molecule has 0 aliphatic rings. The van der Waals surface area contributed by atoms with Crippen molar-refractivity contribution in [2.75, 3.05) is 12.4 Å². The minimum atomic E-state index is -0.380. The molecule has 0 saturated carbocycles. The summed E-state index contributed by atoms with van der Waals surface area (Å²) in [5, 5.41) is 0.00242.